The number of carbonyl (C=O) groups is 2. The first-order valence-corrected chi connectivity index (χ1v) is 5.35. The number of carboxylic acids is 1. The Morgan fingerprint density at radius 3 is 2.67 bits per heavy atom. The van der Waals surface area contributed by atoms with E-state index in [-0.39, 0.29) is 24.3 Å². The molecule has 1 aromatic heterocycles. The van der Waals surface area contributed by atoms with Crippen LogP contribution in [0.1, 0.15) is 24.8 Å². The van der Waals surface area contributed by atoms with Crippen molar-refractivity contribution < 1.29 is 14.7 Å². The molecule has 3 N–H and O–H groups in total. The van der Waals surface area contributed by atoms with Crippen molar-refractivity contribution in [3.05, 3.63) is 26.4 Å². The van der Waals surface area contributed by atoms with Crippen molar-refractivity contribution in [1.29, 1.82) is 0 Å². The van der Waals surface area contributed by atoms with E-state index in [1.165, 1.54) is 0 Å². The van der Waals surface area contributed by atoms with Crippen LogP contribution in [0.2, 0.25) is 0 Å². The van der Waals surface area contributed by atoms with Crippen molar-refractivity contribution in [3.8, 4) is 0 Å². The van der Waals surface area contributed by atoms with Crippen molar-refractivity contribution >= 4 is 17.7 Å². The fourth-order valence-corrected chi connectivity index (χ4v) is 2.03. The van der Waals surface area contributed by atoms with Gasteiger partial charge in [-0.15, -0.1) is 0 Å². The Hall–Kier alpha value is -2.38. The summed E-state index contributed by atoms with van der Waals surface area (Å²) in [6.45, 7) is 1.86. The summed E-state index contributed by atoms with van der Waals surface area (Å²) in [5, 5.41) is 11.4. The minimum Gasteiger partial charge on any atom is -0.481 e. The summed E-state index contributed by atoms with van der Waals surface area (Å²) in [6, 6.07) is 0. The summed E-state index contributed by atoms with van der Waals surface area (Å²) in [5.41, 5.74) is -1.52. The van der Waals surface area contributed by atoms with Gasteiger partial charge in [-0.1, -0.05) is 0 Å². The zero-order valence-corrected chi connectivity index (χ0v) is 9.52. The van der Waals surface area contributed by atoms with E-state index in [2.05, 4.69) is 10.3 Å². The molecule has 1 atom stereocenters. The first-order chi connectivity index (χ1) is 8.45. The number of aromatic amines is 1. The maximum absolute atomic E-state index is 11.7. The molecule has 1 aliphatic rings. The van der Waals surface area contributed by atoms with Crippen LogP contribution in [0.15, 0.2) is 9.59 Å². The van der Waals surface area contributed by atoms with Crippen molar-refractivity contribution in [1.82, 2.24) is 9.55 Å². The van der Waals surface area contributed by atoms with Gasteiger partial charge in [-0.05, 0) is 6.92 Å². The lowest BCUT2D eigenvalue weighted by Gasteiger charge is -2.23. The Morgan fingerprint density at radius 1 is 1.44 bits per heavy atom. The molecule has 1 unspecified atom stereocenters. The van der Waals surface area contributed by atoms with Crippen LogP contribution in [0.4, 0.5) is 5.82 Å². The molecule has 1 aromatic rings. The normalized spacial score (nSPS) is 18.1. The first-order valence-electron chi connectivity index (χ1n) is 5.35. The number of H-pyrrole nitrogens is 1. The van der Waals surface area contributed by atoms with Crippen LogP contribution in [0, 0.1) is 0 Å². The van der Waals surface area contributed by atoms with E-state index >= 15 is 0 Å². The van der Waals surface area contributed by atoms with E-state index in [1.807, 2.05) is 0 Å². The van der Waals surface area contributed by atoms with E-state index in [1.54, 1.807) is 6.92 Å². The molecule has 0 fully saturated rings. The number of hydrogen-bond acceptors (Lipinski definition) is 4. The number of hydrogen-bond donors (Lipinski definition) is 3. The number of carboxylic acid groups (broad SMARTS) is 1. The lowest BCUT2D eigenvalue weighted by atomic mass is 9.93. The number of amides is 1. The summed E-state index contributed by atoms with van der Waals surface area (Å²) in [7, 11) is 0. The predicted octanol–water partition coefficient (Wildman–Crippen LogP) is -0.933. The van der Waals surface area contributed by atoms with E-state index in [0.717, 1.165) is 4.57 Å². The SMILES string of the molecule is CCn1c2c(c(=O)[nH]c1=O)C(C(=O)O)CC(=O)N2. The second-order valence-corrected chi connectivity index (χ2v) is 3.91. The highest BCUT2D eigenvalue weighted by Crippen LogP contribution is 2.28. The molecule has 0 aliphatic carbocycles. The number of rotatable bonds is 2. The Bertz CT molecular complexity index is 642. The van der Waals surface area contributed by atoms with E-state index in [0.29, 0.717) is 0 Å². The van der Waals surface area contributed by atoms with Crippen LogP contribution in [0.3, 0.4) is 0 Å². The molecule has 1 amide bonds. The Balaban J connectivity index is 2.80. The standard InChI is InChI=1S/C10H11N3O5/c1-2-13-7-6(8(15)12-10(13)18)4(9(16)17)3-5(14)11-7/h4H,2-3H2,1H3,(H,11,14)(H,16,17)(H,12,15,18). The van der Waals surface area contributed by atoms with Gasteiger partial charge >= 0.3 is 11.7 Å². The van der Waals surface area contributed by atoms with Crippen LogP contribution in [0.5, 0.6) is 0 Å². The molecule has 0 radical (unpaired) electrons. The fraction of sp³-hybridized carbons (Fsp3) is 0.400. The maximum Gasteiger partial charge on any atom is 0.329 e. The highest BCUT2D eigenvalue weighted by atomic mass is 16.4. The van der Waals surface area contributed by atoms with Gasteiger partial charge in [0.05, 0.1) is 11.5 Å². The van der Waals surface area contributed by atoms with Crippen molar-refractivity contribution in [3.63, 3.8) is 0 Å². The Morgan fingerprint density at radius 2 is 2.11 bits per heavy atom. The average molecular weight is 253 g/mol. The molecule has 0 saturated carbocycles. The van der Waals surface area contributed by atoms with Crippen LogP contribution >= 0.6 is 0 Å². The summed E-state index contributed by atoms with van der Waals surface area (Å²) in [6.07, 6.45) is -0.312. The largest absolute Gasteiger partial charge is 0.481 e. The quantitative estimate of drug-likeness (QED) is 0.628. The summed E-state index contributed by atoms with van der Waals surface area (Å²) in [5.74, 6) is -3.04. The lowest BCUT2D eigenvalue weighted by Crippen LogP contribution is -2.41. The minimum absolute atomic E-state index is 0.0186. The Labute approximate surface area is 100 Å². The van der Waals surface area contributed by atoms with Gasteiger partial charge in [0.1, 0.15) is 5.82 Å². The highest BCUT2D eigenvalue weighted by Gasteiger charge is 2.35. The number of nitrogens with one attached hydrogen (secondary N) is 2. The summed E-state index contributed by atoms with van der Waals surface area (Å²) >= 11 is 0. The van der Waals surface area contributed by atoms with Crippen LogP contribution < -0.4 is 16.6 Å². The molecule has 2 rings (SSSR count). The topological polar surface area (TPSA) is 121 Å². The summed E-state index contributed by atoms with van der Waals surface area (Å²) in [4.78, 5) is 47.8. The maximum atomic E-state index is 11.7. The molecule has 2 heterocycles. The van der Waals surface area contributed by atoms with Gasteiger partial charge in [-0.3, -0.25) is 23.9 Å². The smallest absolute Gasteiger partial charge is 0.329 e. The predicted molar refractivity (Wildman–Crippen MR) is 60.6 cm³/mol. The van der Waals surface area contributed by atoms with Crippen LogP contribution in [-0.2, 0) is 16.1 Å². The van der Waals surface area contributed by atoms with Gasteiger partial charge in [0.2, 0.25) is 5.91 Å². The van der Waals surface area contributed by atoms with Gasteiger partial charge in [0.15, 0.2) is 0 Å². The van der Waals surface area contributed by atoms with E-state index in [9.17, 15) is 19.2 Å². The summed E-state index contributed by atoms with van der Waals surface area (Å²) < 4.78 is 1.13. The monoisotopic (exact) mass is 253 g/mol. The average Bonchev–Trinajstić information content (AvgIpc) is 2.27. The van der Waals surface area contributed by atoms with Crippen molar-refractivity contribution in [2.45, 2.75) is 25.8 Å². The second-order valence-electron chi connectivity index (χ2n) is 3.91. The lowest BCUT2D eigenvalue weighted by molar-refractivity contribution is -0.140. The van der Waals surface area contributed by atoms with Gasteiger partial charge in [-0.25, -0.2) is 4.79 Å². The van der Waals surface area contributed by atoms with Gasteiger partial charge < -0.3 is 10.4 Å². The van der Waals surface area contributed by atoms with E-state index in [4.69, 9.17) is 5.11 Å². The number of anilines is 1. The van der Waals surface area contributed by atoms with Crippen molar-refractivity contribution in [2.75, 3.05) is 5.32 Å². The number of nitrogens with zero attached hydrogens (tertiary/aromatic N) is 1. The Kier molecular flexibility index (Phi) is 2.77. The molecule has 18 heavy (non-hydrogen) atoms. The van der Waals surface area contributed by atoms with Crippen LogP contribution in [0.25, 0.3) is 0 Å². The molecule has 8 heteroatoms. The number of fused-ring (bicyclic) bond motifs is 1. The molecular formula is C10H11N3O5. The minimum atomic E-state index is -1.27. The molecule has 0 saturated heterocycles. The van der Waals surface area contributed by atoms with Crippen LogP contribution in [-0.4, -0.2) is 26.5 Å². The number of aromatic nitrogens is 2. The van der Waals surface area contributed by atoms with Crippen molar-refractivity contribution in [2.24, 2.45) is 0 Å². The first kappa shape index (κ1) is 12.1. The molecule has 0 bridgehead atoms. The molecule has 0 spiro atoms. The second kappa shape index (κ2) is 4.13. The highest BCUT2D eigenvalue weighted by molar-refractivity contribution is 5.98. The third-order valence-corrected chi connectivity index (χ3v) is 2.85. The van der Waals surface area contributed by atoms with Gasteiger partial charge in [0.25, 0.3) is 5.56 Å². The zero-order valence-electron chi connectivity index (χ0n) is 9.52. The van der Waals surface area contributed by atoms with Gasteiger partial charge in [0, 0.05) is 13.0 Å². The zero-order chi connectivity index (χ0) is 13.4. The molecule has 0 aromatic carbocycles. The third kappa shape index (κ3) is 1.71. The van der Waals surface area contributed by atoms with Gasteiger partial charge in [-0.2, -0.15) is 0 Å². The fourth-order valence-electron chi connectivity index (χ4n) is 2.03. The molecule has 1 aliphatic heterocycles. The molecule has 96 valence electrons. The third-order valence-electron chi connectivity index (χ3n) is 2.85. The number of carbonyl (C=O) groups excluding carboxylic acids is 1. The molecule has 8 nitrogen and oxygen atoms in total. The van der Waals surface area contributed by atoms with E-state index < -0.39 is 29.0 Å². The number of aliphatic carboxylic acids is 1. The molecular weight excluding hydrogens is 242 g/mol.